The number of methoxy groups -OCH3 is 2. The lowest BCUT2D eigenvalue weighted by molar-refractivity contribution is 0.0500. The van der Waals surface area contributed by atoms with Crippen LogP contribution in [0.3, 0.4) is 0 Å². The number of phosphoric ester groups is 1. The van der Waals surface area contributed by atoms with Crippen LogP contribution in [0.5, 0.6) is 11.5 Å². The van der Waals surface area contributed by atoms with E-state index in [2.05, 4.69) is 18.0 Å². The quantitative estimate of drug-likeness (QED) is 0.768. The number of benzene rings is 1. The Bertz CT molecular complexity index is 677. The van der Waals surface area contributed by atoms with Crippen LogP contribution in [0, 0.1) is 0 Å². The molecule has 1 heterocycles. The summed E-state index contributed by atoms with van der Waals surface area (Å²) in [6.07, 6.45) is 2.65. The number of hydrogen-bond donors (Lipinski definition) is 2. The smallest absolute Gasteiger partial charge is 0.469 e. The molecule has 0 spiro atoms. The second-order valence-electron chi connectivity index (χ2n) is 6.96. The Balaban J connectivity index is 1.91. The maximum absolute atomic E-state index is 11.2. The van der Waals surface area contributed by atoms with Crippen LogP contribution in [0.1, 0.15) is 31.2 Å². The van der Waals surface area contributed by atoms with Crippen molar-refractivity contribution in [1.82, 2.24) is 4.90 Å². The number of ether oxygens (including phenoxy) is 2. The molecular formula is C17H26NO6P. The molecule has 1 saturated carbocycles. The van der Waals surface area contributed by atoms with Crippen molar-refractivity contribution >= 4 is 7.82 Å². The summed E-state index contributed by atoms with van der Waals surface area (Å²) < 4.78 is 27.0. The second kappa shape index (κ2) is 6.89. The Hall–Kier alpha value is -1.11. The molecule has 8 heteroatoms. The minimum Gasteiger partial charge on any atom is -0.493 e. The maximum atomic E-state index is 11.2. The number of nitrogens with zero attached hydrogens (tertiary/aromatic N) is 1. The zero-order valence-corrected chi connectivity index (χ0v) is 15.7. The fraction of sp³-hybridized carbons (Fsp3) is 0.647. The van der Waals surface area contributed by atoms with E-state index in [1.165, 1.54) is 5.56 Å². The van der Waals surface area contributed by atoms with Gasteiger partial charge in [-0.15, -0.1) is 0 Å². The molecule has 1 aromatic carbocycles. The van der Waals surface area contributed by atoms with Crippen molar-refractivity contribution in [3.05, 3.63) is 23.8 Å². The third-order valence-electron chi connectivity index (χ3n) is 5.72. The van der Waals surface area contributed by atoms with Gasteiger partial charge in [0, 0.05) is 11.5 Å². The molecule has 2 N–H and O–H groups in total. The molecule has 1 saturated heterocycles. The molecule has 0 amide bonds. The SMILES string of the molecule is COc1ccc(C23CCC(OP(=O)(O)O)CC2N(C)CC3)cc1OC. The van der Waals surface area contributed by atoms with E-state index >= 15 is 0 Å². The molecule has 140 valence electrons. The van der Waals surface area contributed by atoms with Crippen LogP contribution in [0.15, 0.2) is 18.2 Å². The molecule has 0 bridgehead atoms. The van der Waals surface area contributed by atoms with Crippen molar-refractivity contribution in [2.45, 2.75) is 43.2 Å². The average molecular weight is 371 g/mol. The summed E-state index contributed by atoms with van der Waals surface area (Å²) in [6, 6.07) is 6.22. The van der Waals surface area contributed by atoms with Crippen molar-refractivity contribution in [3.63, 3.8) is 0 Å². The minimum absolute atomic E-state index is 0.0525. The summed E-state index contributed by atoms with van der Waals surface area (Å²) in [7, 11) is 0.845. The topological polar surface area (TPSA) is 88.5 Å². The lowest BCUT2D eigenvalue weighted by Gasteiger charge is -2.44. The first-order valence-corrected chi connectivity index (χ1v) is 9.99. The van der Waals surface area contributed by atoms with E-state index in [1.54, 1.807) is 14.2 Å². The van der Waals surface area contributed by atoms with Gasteiger partial charge in [-0.2, -0.15) is 0 Å². The number of hydrogen-bond acceptors (Lipinski definition) is 5. The number of likely N-dealkylation sites (tertiary alicyclic amines) is 1. The van der Waals surface area contributed by atoms with Gasteiger partial charge in [0.1, 0.15) is 0 Å². The normalized spacial score (nSPS) is 30.1. The predicted molar refractivity (Wildman–Crippen MR) is 93.0 cm³/mol. The Kier molecular flexibility index (Phi) is 5.15. The molecule has 0 radical (unpaired) electrons. The van der Waals surface area contributed by atoms with Crippen LogP contribution in [-0.4, -0.2) is 54.6 Å². The molecule has 1 aliphatic heterocycles. The van der Waals surface area contributed by atoms with Crippen molar-refractivity contribution in [3.8, 4) is 11.5 Å². The van der Waals surface area contributed by atoms with Crippen LogP contribution in [0.25, 0.3) is 0 Å². The van der Waals surface area contributed by atoms with E-state index in [0.29, 0.717) is 24.3 Å². The first kappa shape index (κ1) is 18.7. The zero-order chi connectivity index (χ0) is 18.2. The first-order valence-electron chi connectivity index (χ1n) is 8.46. The molecule has 3 rings (SSSR count). The van der Waals surface area contributed by atoms with Gasteiger partial charge in [0.05, 0.1) is 20.3 Å². The summed E-state index contributed by atoms with van der Waals surface area (Å²) in [5.74, 6) is 1.40. The van der Waals surface area contributed by atoms with E-state index in [1.807, 2.05) is 12.1 Å². The third kappa shape index (κ3) is 3.57. The van der Waals surface area contributed by atoms with Gasteiger partial charge in [-0.05, 0) is 57.0 Å². The van der Waals surface area contributed by atoms with Crippen LogP contribution < -0.4 is 9.47 Å². The summed E-state index contributed by atoms with van der Waals surface area (Å²) in [5, 5.41) is 0. The first-order chi connectivity index (χ1) is 11.8. The highest BCUT2D eigenvalue weighted by Crippen LogP contribution is 2.52. The van der Waals surface area contributed by atoms with Gasteiger partial charge in [0.25, 0.3) is 0 Å². The monoisotopic (exact) mass is 371 g/mol. The van der Waals surface area contributed by atoms with Crippen LogP contribution >= 0.6 is 7.82 Å². The van der Waals surface area contributed by atoms with E-state index < -0.39 is 13.9 Å². The largest absolute Gasteiger partial charge is 0.493 e. The molecule has 2 fully saturated rings. The van der Waals surface area contributed by atoms with E-state index in [0.717, 1.165) is 19.4 Å². The summed E-state index contributed by atoms with van der Waals surface area (Å²) in [4.78, 5) is 20.5. The van der Waals surface area contributed by atoms with Gasteiger partial charge in [-0.3, -0.25) is 4.52 Å². The molecule has 3 unspecified atom stereocenters. The van der Waals surface area contributed by atoms with Crippen molar-refractivity contribution in [1.29, 1.82) is 0 Å². The molecule has 2 aliphatic rings. The van der Waals surface area contributed by atoms with Crippen molar-refractivity contribution < 1.29 is 28.3 Å². The Morgan fingerprint density at radius 3 is 2.56 bits per heavy atom. The minimum atomic E-state index is -4.46. The number of fused-ring (bicyclic) bond motifs is 1. The third-order valence-corrected chi connectivity index (χ3v) is 6.30. The molecule has 7 nitrogen and oxygen atoms in total. The molecule has 0 aromatic heterocycles. The highest BCUT2D eigenvalue weighted by Gasteiger charge is 2.51. The van der Waals surface area contributed by atoms with Crippen LogP contribution in [-0.2, 0) is 14.5 Å². The van der Waals surface area contributed by atoms with Crippen molar-refractivity contribution in [2.24, 2.45) is 0 Å². The average Bonchev–Trinajstić information content (AvgIpc) is 2.91. The fourth-order valence-electron chi connectivity index (χ4n) is 4.52. The second-order valence-corrected chi connectivity index (χ2v) is 8.16. The van der Waals surface area contributed by atoms with Gasteiger partial charge < -0.3 is 24.2 Å². The zero-order valence-electron chi connectivity index (χ0n) is 14.8. The summed E-state index contributed by atoms with van der Waals surface area (Å²) in [5.41, 5.74) is 1.14. The number of rotatable bonds is 5. The lowest BCUT2D eigenvalue weighted by Crippen LogP contribution is -2.47. The van der Waals surface area contributed by atoms with Gasteiger partial charge in [0.15, 0.2) is 11.5 Å². The molecule has 3 atom stereocenters. The highest BCUT2D eigenvalue weighted by molar-refractivity contribution is 7.46. The number of phosphoric acid groups is 1. The Labute approximate surface area is 148 Å². The molecule has 1 aromatic rings. The maximum Gasteiger partial charge on any atom is 0.469 e. The molecule has 25 heavy (non-hydrogen) atoms. The Morgan fingerprint density at radius 1 is 1.20 bits per heavy atom. The standard InChI is InChI=1S/C17H26NO6P/c1-18-9-8-17(12-4-5-14(22-2)15(10-12)23-3)7-6-13(11-16(17)18)24-25(19,20)21/h4-5,10,13,16H,6-9,11H2,1-3H3,(H2,19,20,21). The summed E-state index contributed by atoms with van der Waals surface area (Å²) >= 11 is 0. The predicted octanol–water partition coefficient (Wildman–Crippen LogP) is 2.31. The Morgan fingerprint density at radius 2 is 1.92 bits per heavy atom. The van der Waals surface area contributed by atoms with Crippen molar-refractivity contribution in [2.75, 3.05) is 27.8 Å². The highest BCUT2D eigenvalue weighted by atomic mass is 31.2. The fourth-order valence-corrected chi connectivity index (χ4v) is 5.10. The van der Waals surface area contributed by atoms with E-state index in [-0.39, 0.29) is 11.5 Å². The van der Waals surface area contributed by atoms with Gasteiger partial charge in [-0.25, -0.2) is 4.57 Å². The van der Waals surface area contributed by atoms with E-state index in [9.17, 15) is 4.57 Å². The molecular weight excluding hydrogens is 345 g/mol. The number of likely N-dealkylation sites (N-methyl/N-ethyl adjacent to an activating group) is 1. The van der Waals surface area contributed by atoms with Gasteiger partial charge >= 0.3 is 7.82 Å². The van der Waals surface area contributed by atoms with Gasteiger partial charge in [-0.1, -0.05) is 6.07 Å². The summed E-state index contributed by atoms with van der Waals surface area (Å²) in [6.45, 7) is 0.946. The van der Waals surface area contributed by atoms with Crippen LogP contribution in [0.2, 0.25) is 0 Å². The van der Waals surface area contributed by atoms with E-state index in [4.69, 9.17) is 23.8 Å². The lowest BCUT2D eigenvalue weighted by atomic mass is 9.65. The van der Waals surface area contributed by atoms with Gasteiger partial charge in [0.2, 0.25) is 0 Å². The molecule has 1 aliphatic carbocycles. The van der Waals surface area contributed by atoms with Crippen LogP contribution in [0.4, 0.5) is 0 Å².